The number of benzene rings is 5. The molecule has 0 radical (unpaired) electrons. The highest BCUT2D eigenvalue weighted by atomic mass is 32.1. The molecule has 0 aliphatic heterocycles. The van der Waals surface area contributed by atoms with Crippen LogP contribution in [0.15, 0.2) is 121 Å². The van der Waals surface area contributed by atoms with Gasteiger partial charge in [-0.05, 0) is 98.8 Å². The number of rotatable bonds is 21. The van der Waals surface area contributed by atoms with Crippen molar-refractivity contribution in [2.75, 3.05) is 25.2 Å². The van der Waals surface area contributed by atoms with Crippen LogP contribution in [0.4, 0.5) is 5.13 Å². The summed E-state index contributed by atoms with van der Waals surface area (Å²) in [6.07, 6.45) is 6.84. The van der Waals surface area contributed by atoms with Crippen LogP contribution in [-0.4, -0.2) is 48.1 Å². The first-order chi connectivity index (χ1) is 27.9. The second-order valence-electron chi connectivity index (χ2n) is 13.0. The number of hydrazone groups is 1. The molecule has 0 aliphatic rings. The molecule has 1 aromatic heterocycles. The SMILES string of the molecule is C=CC(=O)OCCCCCCOc1ccc(C(=O)Oc2c(/C=N/Nc3nc4ccccc4s3)cc(OC(O)c3ccc(OCCCC)cc3)c3ccccc23)cc1. The fourth-order valence-electron chi connectivity index (χ4n) is 5.79. The van der Waals surface area contributed by atoms with E-state index in [1.807, 2.05) is 48.5 Å². The van der Waals surface area contributed by atoms with Gasteiger partial charge in [-0.1, -0.05) is 67.7 Å². The molecule has 11 nitrogen and oxygen atoms in total. The molecule has 12 heteroatoms. The molecule has 0 saturated heterocycles. The second kappa shape index (κ2) is 20.6. The first kappa shape index (κ1) is 40.4. The van der Waals surface area contributed by atoms with Crippen molar-refractivity contribution in [1.29, 1.82) is 0 Å². The van der Waals surface area contributed by atoms with Crippen LogP contribution < -0.4 is 24.4 Å². The van der Waals surface area contributed by atoms with Crippen LogP contribution in [0, 0.1) is 0 Å². The third kappa shape index (κ3) is 11.4. The van der Waals surface area contributed by atoms with Crippen LogP contribution in [0.2, 0.25) is 0 Å². The van der Waals surface area contributed by atoms with Crippen molar-refractivity contribution in [1.82, 2.24) is 4.98 Å². The molecule has 6 rings (SSSR count). The van der Waals surface area contributed by atoms with E-state index in [0.717, 1.165) is 54.8 Å². The molecule has 2 N–H and O–H groups in total. The fraction of sp³-hybridized carbons (Fsp3) is 0.244. The third-order valence-electron chi connectivity index (χ3n) is 8.82. The lowest BCUT2D eigenvalue weighted by atomic mass is 10.0. The van der Waals surface area contributed by atoms with E-state index in [2.05, 4.69) is 29.0 Å². The number of hydrogen-bond donors (Lipinski definition) is 2. The number of aromatic nitrogens is 1. The van der Waals surface area contributed by atoms with E-state index in [1.54, 1.807) is 54.6 Å². The Labute approximate surface area is 335 Å². The number of unbranched alkanes of at least 4 members (excludes halogenated alkanes) is 4. The summed E-state index contributed by atoms with van der Waals surface area (Å²) in [5.74, 6) is 0.983. The highest BCUT2D eigenvalue weighted by Gasteiger charge is 2.20. The number of anilines is 1. The van der Waals surface area contributed by atoms with Gasteiger partial charge in [0.25, 0.3) is 0 Å². The van der Waals surface area contributed by atoms with Gasteiger partial charge in [-0.25, -0.2) is 14.6 Å². The Morgan fingerprint density at radius 1 is 0.842 bits per heavy atom. The Kier molecular flexibility index (Phi) is 14.6. The fourth-order valence-corrected chi connectivity index (χ4v) is 6.61. The number of hydrogen-bond acceptors (Lipinski definition) is 12. The molecule has 0 amide bonds. The lowest BCUT2D eigenvalue weighted by Gasteiger charge is -2.19. The predicted molar refractivity (Wildman–Crippen MR) is 224 cm³/mol. The number of aliphatic hydroxyl groups excluding tert-OH is 1. The van der Waals surface area contributed by atoms with Gasteiger partial charge < -0.3 is 28.8 Å². The average Bonchev–Trinajstić information content (AvgIpc) is 3.66. The van der Waals surface area contributed by atoms with E-state index < -0.39 is 18.2 Å². The number of carbonyl (C=O) groups excluding carboxylic acids is 2. The Balaban J connectivity index is 1.18. The maximum absolute atomic E-state index is 13.7. The number of aliphatic hydroxyl groups is 1. The van der Waals surface area contributed by atoms with Crippen LogP contribution >= 0.6 is 11.3 Å². The maximum atomic E-state index is 13.7. The molecule has 1 unspecified atom stereocenters. The molecule has 0 fully saturated rings. The molecule has 5 aromatic carbocycles. The molecule has 0 saturated carbocycles. The second-order valence-corrected chi connectivity index (χ2v) is 14.0. The van der Waals surface area contributed by atoms with E-state index in [4.69, 9.17) is 23.7 Å². The number of fused-ring (bicyclic) bond motifs is 2. The number of nitrogens with one attached hydrogen (secondary N) is 1. The van der Waals surface area contributed by atoms with Crippen LogP contribution in [0.3, 0.4) is 0 Å². The first-order valence-corrected chi connectivity index (χ1v) is 19.8. The maximum Gasteiger partial charge on any atom is 0.343 e. The topological polar surface area (TPSA) is 138 Å². The van der Waals surface area contributed by atoms with Crippen molar-refractivity contribution in [3.05, 3.63) is 132 Å². The predicted octanol–water partition coefficient (Wildman–Crippen LogP) is 10.0. The zero-order valence-electron chi connectivity index (χ0n) is 31.7. The highest BCUT2D eigenvalue weighted by molar-refractivity contribution is 7.22. The van der Waals surface area contributed by atoms with Gasteiger partial charge >= 0.3 is 11.9 Å². The van der Waals surface area contributed by atoms with Crippen molar-refractivity contribution in [3.8, 4) is 23.0 Å². The minimum Gasteiger partial charge on any atom is -0.494 e. The summed E-state index contributed by atoms with van der Waals surface area (Å²) >= 11 is 1.46. The minimum atomic E-state index is -1.30. The standard InChI is InChI=1S/C45H45N3O8S/c1-3-5-26-52-34-22-18-31(19-23-34)43(50)55-39-29-33(30-46-48-45-47-38-16-10-11-17-40(38)57-45)42(37-15-9-8-14-36(37)39)56-44(51)32-20-24-35(25-21-32)53-27-12-6-7-13-28-54-41(49)4-2/h4,8-11,14-25,29-30,43,50H,2-3,5-7,12-13,26-28H2,1H3,(H,47,48)/b46-30+. The van der Waals surface area contributed by atoms with E-state index in [9.17, 15) is 14.7 Å². The van der Waals surface area contributed by atoms with Gasteiger partial charge in [0, 0.05) is 28.0 Å². The Bertz CT molecular complexity index is 2260. The van der Waals surface area contributed by atoms with Crippen LogP contribution in [0.5, 0.6) is 23.0 Å². The lowest BCUT2D eigenvalue weighted by molar-refractivity contribution is -0.137. The largest absolute Gasteiger partial charge is 0.494 e. The molecule has 1 heterocycles. The summed E-state index contributed by atoms with van der Waals surface area (Å²) in [5.41, 5.74) is 5.15. The number of carbonyl (C=O) groups is 2. The first-order valence-electron chi connectivity index (χ1n) is 18.9. The average molecular weight is 788 g/mol. The van der Waals surface area contributed by atoms with Gasteiger partial charge in [-0.15, -0.1) is 0 Å². The van der Waals surface area contributed by atoms with Gasteiger partial charge in [-0.2, -0.15) is 5.10 Å². The van der Waals surface area contributed by atoms with Crippen LogP contribution in [0.1, 0.15) is 73.2 Å². The highest BCUT2D eigenvalue weighted by Crippen LogP contribution is 2.38. The molecule has 57 heavy (non-hydrogen) atoms. The van der Waals surface area contributed by atoms with Gasteiger partial charge in [0.2, 0.25) is 11.4 Å². The monoisotopic (exact) mass is 787 g/mol. The summed E-state index contributed by atoms with van der Waals surface area (Å²) in [4.78, 5) is 29.4. The Morgan fingerprint density at radius 3 is 2.23 bits per heavy atom. The van der Waals surface area contributed by atoms with E-state index >= 15 is 0 Å². The van der Waals surface area contributed by atoms with Crippen molar-refractivity contribution in [3.63, 3.8) is 0 Å². The molecule has 294 valence electrons. The minimum absolute atomic E-state index is 0.264. The molecule has 1 atom stereocenters. The van der Waals surface area contributed by atoms with E-state index in [0.29, 0.717) is 69.7 Å². The number of esters is 2. The third-order valence-corrected chi connectivity index (χ3v) is 9.76. The number of nitrogens with zero attached hydrogens (tertiary/aromatic N) is 2. The lowest BCUT2D eigenvalue weighted by Crippen LogP contribution is -2.12. The van der Waals surface area contributed by atoms with Crippen LogP contribution in [0.25, 0.3) is 21.0 Å². The Hall–Kier alpha value is -6.24. The number of ether oxygens (including phenoxy) is 5. The molecular weight excluding hydrogens is 743 g/mol. The summed E-state index contributed by atoms with van der Waals surface area (Å²) in [6, 6.07) is 30.7. The van der Waals surface area contributed by atoms with Crippen molar-refractivity contribution in [2.45, 2.75) is 51.7 Å². The van der Waals surface area contributed by atoms with Crippen molar-refractivity contribution < 1.29 is 38.4 Å². The van der Waals surface area contributed by atoms with Gasteiger partial charge in [0.15, 0.2) is 0 Å². The smallest absolute Gasteiger partial charge is 0.343 e. The quantitative estimate of drug-likeness (QED) is 0.0138. The molecule has 0 bridgehead atoms. The molecule has 0 aliphatic carbocycles. The number of para-hydroxylation sites is 1. The van der Waals surface area contributed by atoms with Crippen molar-refractivity contribution >= 4 is 55.6 Å². The van der Waals surface area contributed by atoms with Crippen molar-refractivity contribution in [2.24, 2.45) is 5.10 Å². The van der Waals surface area contributed by atoms with Gasteiger partial charge in [-0.3, -0.25) is 5.43 Å². The van der Waals surface area contributed by atoms with E-state index in [-0.39, 0.29) is 5.75 Å². The van der Waals surface area contributed by atoms with Gasteiger partial charge in [0.05, 0.1) is 41.8 Å². The zero-order valence-corrected chi connectivity index (χ0v) is 32.5. The molecule has 6 aromatic rings. The summed E-state index contributed by atoms with van der Waals surface area (Å²) in [6.45, 7) is 7.00. The number of thiazole rings is 1. The van der Waals surface area contributed by atoms with Crippen LogP contribution in [-0.2, 0) is 9.53 Å². The molecule has 0 spiro atoms. The molecular formula is C45H45N3O8S. The normalized spacial score (nSPS) is 11.7. The summed E-state index contributed by atoms with van der Waals surface area (Å²) < 4.78 is 30.0. The summed E-state index contributed by atoms with van der Waals surface area (Å²) in [7, 11) is 0. The van der Waals surface area contributed by atoms with Gasteiger partial charge in [0.1, 0.15) is 23.0 Å². The summed E-state index contributed by atoms with van der Waals surface area (Å²) in [5, 5.41) is 17.5. The zero-order chi connectivity index (χ0) is 39.8. The Morgan fingerprint density at radius 2 is 1.51 bits per heavy atom. The van der Waals surface area contributed by atoms with E-state index in [1.165, 1.54) is 17.6 Å².